The van der Waals surface area contributed by atoms with Gasteiger partial charge >= 0.3 is 0 Å². The number of hydrogen-bond donors (Lipinski definition) is 3. The van der Waals surface area contributed by atoms with Gasteiger partial charge in [-0.2, -0.15) is 0 Å². The lowest BCUT2D eigenvalue weighted by Gasteiger charge is -2.10. The van der Waals surface area contributed by atoms with Crippen molar-refractivity contribution in [1.82, 2.24) is 9.29 Å². The summed E-state index contributed by atoms with van der Waals surface area (Å²) in [6.45, 7) is 0.927. The van der Waals surface area contributed by atoms with Crippen LogP contribution in [-0.2, 0) is 6.42 Å². The van der Waals surface area contributed by atoms with Gasteiger partial charge in [-0.1, -0.05) is 11.7 Å². The van der Waals surface area contributed by atoms with Gasteiger partial charge in [-0.3, -0.25) is 0 Å². The van der Waals surface area contributed by atoms with Gasteiger partial charge in [-0.15, -0.1) is 0 Å². The van der Waals surface area contributed by atoms with Crippen LogP contribution in [0.2, 0.25) is 0 Å². The molecule has 2 rings (SSSR count). The first-order valence-corrected chi connectivity index (χ1v) is 6.85. The van der Waals surface area contributed by atoms with Gasteiger partial charge in [0.25, 0.3) is 0 Å². The Labute approximate surface area is 104 Å². The van der Waals surface area contributed by atoms with Gasteiger partial charge in [0.05, 0.1) is 0 Å². The molecule has 86 valence electrons. The third kappa shape index (κ3) is 2.48. The predicted octanol–water partition coefficient (Wildman–Crippen LogP) is 2.84. The molecule has 5 heteroatoms. The van der Waals surface area contributed by atoms with Crippen molar-refractivity contribution in [3.05, 3.63) is 30.0 Å². The number of thiol groups is 1. The van der Waals surface area contributed by atoms with Crippen LogP contribution in [0.5, 0.6) is 5.75 Å². The third-order valence-electron chi connectivity index (χ3n) is 2.59. The number of hydrogen-bond acceptors (Lipinski definition) is 4. The Morgan fingerprint density at radius 1 is 1.50 bits per heavy atom. The van der Waals surface area contributed by atoms with Crippen LogP contribution in [0.4, 0.5) is 0 Å². The standard InChI is InChI=1S/C11H14N2OS2/c1-13(16-15)5-4-8-7-12-11-3-2-9(14)6-10(8)11/h2-3,6-7,12,14-15H,4-5H2,1H3. The second-order valence-electron chi connectivity index (χ2n) is 3.73. The van der Waals surface area contributed by atoms with Gasteiger partial charge in [0.1, 0.15) is 5.75 Å². The monoisotopic (exact) mass is 254 g/mol. The summed E-state index contributed by atoms with van der Waals surface area (Å²) in [6.07, 6.45) is 2.94. The molecule has 0 unspecified atom stereocenters. The van der Waals surface area contributed by atoms with Gasteiger partial charge in [-0.25, -0.2) is 4.31 Å². The quantitative estimate of drug-likeness (QED) is 0.446. The SMILES string of the molecule is CN(CCc1c[nH]c2ccc(O)cc12)SS. The average Bonchev–Trinajstić information content (AvgIpc) is 2.68. The van der Waals surface area contributed by atoms with E-state index in [1.807, 2.05) is 19.3 Å². The molecule has 0 bridgehead atoms. The van der Waals surface area contributed by atoms with E-state index in [0.29, 0.717) is 5.75 Å². The van der Waals surface area contributed by atoms with E-state index in [-0.39, 0.29) is 0 Å². The highest BCUT2D eigenvalue weighted by atomic mass is 33.1. The van der Waals surface area contributed by atoms with E-state index >= 15 is 0 Å². The number of aromatic hydroxyl groups is 1. The number of nitrogens with one attached hydrogen (secondary N) is 1. The molecule has 0 radical (unpaired) electrons. The van der Waals surface area contributed by atoms with Gasteiger partial charge in [0.15, 0.2) is 0 Å². The number of H-pyrrole nitrogens is 1. The number of benzene rings is 1. The maximum atomic E-state index is 9.46. The molecule has 3 nitrogen and oxygen atoms in total. The Kier molecular flexibility index (Phi) is 3.68. The van der Waals surface area contributed by atoms with E-state index in [2.05, 4.69) is 20.9 Å². The summed E-state index contributed by atoms with van der Waals surface area (Å²) in [5.41, 5.74) is 2.29. The van der Waals surface area contributed by atoms with Crippen molar-refractivity contribution in [1.29, 1.82) is 0 Å². The van der Waals surface area contributed by atoms with E-state index in [4.69, 9.17) is 0 Å². The number of fused-ring (bicyclic) bond motifs is 1. The Hall–Kier alpha value is -0.780. The maximum absolute atomic E-state index is 9.46. The van der Waals surface area contributed by atoms with Crippen LogP contribution in [0.15, 0.2) is 24.4 Å². The third-order valence-corrected chi connectivity index (χ3v) is 3.88. The summed E-state index contributed by atoms with van der Waals surface area (Å²) in [4.78, 5) is 3.20. The van der Waals surface area contributed by atoms with E-state index in [9.17, 15) is 5.11 Å². The minimum atomic E-state index is 0.310. The van der Waals surface area contributed by atoms with Gasteiger partial charge in [-0.05, 0) is 48.2 Å². The molecule has 16 heavy (non-hydrogen) atoms. The minimum Gasteiger partial charge on any atom is -0.508 e. The van der Waals surface area contributed by atoms with Crippen molar-refractivity contribution in [3.8, 4) is 5.75 Å². The van der Waals surface area contributed by atoms with E-state index < -0.39 is 0 Å². The number of rotatable bonds is 4. The minimum absolute atomic E-state index is 0.310. The Balaban J connectivity index is 2.21. The summed E-state index contributed by atoms with van der Waals surface area (Å²) in [5.74, 6) is 0.310. The fraction of sp³-hybridized carbons (Fsp3) is 0.273. The number of aromatic nitrogens is 1. The smallest absolute Gasteiger partial charge is 0.116 e. The first-order valence-electron chi connectivity index (χ1n) is 5.02. The Bertz CT molecular complexity index is 484. The summed E-state index contributed by atoms with van der Waals surface area (Å²) < 4.78 is 2.06. The predicted molar refractivity (Wildman–Crippen MR) is 72.9 cm³/mol. The highest BCUT2D eigenvalue weighted by Gasteiger charge is 2.05. The van der Waals surface area contributed by atoms with Crippen molar-refractivity contribution >= 4 is 33.5 Å². The van der Waals surface area contributed by atoms with Crippen molar-refractivity contribution in [2.75, 3.05) is 13.6 Å². The normalized spacial score (nSPS) is 11.4. The maximum Gasteiger partial charge on any atom is 0.116 e. The molecule has 1 aromatic carbocycles. The zero-order valence-corrected chi connectivity index (χ0v) is 10.7. The molecule has 0 saturated carbocycles. The first kappa shape index (κ1) is 11.7. The summed E-state index contributed by atoms with van der Waals surface area (Å²) >= 11 is 4.13. The summed E-state index contributed by atoms with van der Waals surface area (Å²) in [7, 11) is 3.43. The largest absolute Gasteiger partial charge is 0.508 e. The van der Waals surface area contributed by atoms with E-state index in [0.717, 1.165) is 23.9 Å². The van der Waals surface area contributed by atoms with Gasteiger partial charge in [0.2, 0.25) is 0 Å². The van der Waals surface area contributed by atoms with Crippen molar-refractivity contribution in [2.45, 2.75) is 6.42 Å². The number of aromatic amines is 1. The molecule has 0 aliphatic rings. The highest BCUT2D eigenvalue weighted by Crippen LogP contribution is 2.23. The molecule has 0 spiro atoms. The van der Waals surface area contributed by atoms with Crippen LogP contribution in [0, 0.1) is 0 Å². The molecule has 2 aromatic rings. The number of phenolic OH excluding ortho intramolecular Hbond substituents is 1. The molecule has 1 aromatic heterocycles. The lowest BCUT2D eigenvalue weighted by atomic mass is 10.1. The molecule has 0 aliphatic heterocycles. The topological polar surface area (TPSA) is 39.3 Å². The van der Waals surface area contributed by atoms with Crippen LogP contribution >= 0.6 is 22.6 Å². The van der Waals surface area contributed by atoms with Gasteiger partial charge < -0.3 is 10.1 Å². The number of nitrogens with zero attached hydrogens (tertiary/aromatic N) is 1. The molecule has 0 saturated heterocycles. The number of phenols is 1. The molecule has 2 N–H and O–H groups in total. The van der Waals surface area contributed by atoms with Gasteiger partial charge in [0, 0.05) is 23.6 Å². The van der Waals surface area contributed by atoms with Crippen LogP contribution in [0.25, 0.3) is 10.9 Å². The lowest BCUT2D eigenvalue weighted by molar-refractivity contribution is 0.476. The van der Waals surface area contributed by atoms with Crippen LogP contribution < -0.4 is 0 Å². The highest BCUT2D eigenvalue weighted by molar-refractivity contribution is 8.67. The average molecular weight is 254 g/mol. The van der Waals surface area contributed by atoms with Crippen LogP contribution in [0.3, 0.4) is 0 Å². The molecule has 0 fully saturated rings. The lowest BCUT2D eigenvalue weighted by Crippen LogP contribution is -2.10. The second kappa shape index (κ2) is 5.03. The Morgan fingerprint density at radius 3 is 3.06 bits per heavy atom. The zero-order chi connectivity index (χ0) is 11.5. The number of likely N-dealkylation sites (N-methyl/N-ethyl adjacent to an activating group) is 1. The fourth-order valence-electron chi connectivity index (χ4n) is 1.69. The van der Waals surface area contributed by atoms with E-state index in [1.165, 1.54) is 16.5 Å². The summed E-state index contributed by atoms with van der Waals surface area (Å²) in [5, 5.41) is 10.6. The van der Waals surface area contributed by atoms with Crippen molar-refractivity contribution < 1.29 is 5.11 Å². The molecule has 0 amide bonds. The van der Waals surface area contributed by atoms with Crippen LogP contribution in [0.1, 0.15) is 5.56 Å². The summed E-state index contributed by atoms with van der Waals surface area (Å²) in [6, 6.07) is 5.39. The fourth-order valence-corrected chi connectivity index (χ4v) is 2.11. The zero-order valence-electron chi connectivity index (χ0n) is 8.97. The van der Waals surface area contributed by atoms with Crippen molar-refractivity contribution in [3.63, 3.8) is 0 Å². The van der Waals surface area contributed by atoms with Crippen molar-refractivity contribution in [2.24, 2.45) is 0 Å². The first-order chi connectivity index (χ1) is 7.70. The molecule has 0 atom stereocenters. The Morgan fingerprint density at radius 2 is 2.31 bits per heavy atom. The molecular weight excluding hydrogens is 240 g/mol. The second-order valence-corrected chi connectivity index (χ2v) is 5.00. The molecular formula is C11H14N2OS2. The van der Waals surface area contributed by atoms with Crippen LogP contribution in [-0.4, -0.2) is 28.0 Å². The van der Waals surface area contributed by atoms with E-state index in [1.54, 1.807) is 12.1 Å². The molecule has 1 heterocycles. The molecule has 0 aliphatic carbocycles.